The Bertz CT molecular complexity index is 395. The van der Waals surface area contributed by atoms with Crippen LogP contribution in [0.4, 0.5) is 0 Å². The van der Waals surface area contributed by atoms with Crippen LogP contribution in [0.25, 0.3) is 0 Å². The molecule has 1 aromatic rings. The molecule has 1 aliphatic rings. The highest BCUT2D eigenvalue weighted by Crippen LogP contribution is 2.20. The Morgan fingerprint density at radius 2 is 2.22 bits per heavy atom. The van der Waals surface area contributed by atoms with Gasteiger partial charge in [0.1, 0.15) is 0 Å². The maximum atomic E-state index is 10.6. The largest absolute Gasteiger partial charge is 0.481 e. The Balaban J connectivity index is 1.69. The van der Waals surface area contributed by atoms with Crippen molar-refractivity contribution in [1.29, 1.82) is 0 Å². The molecule has 100 valence electrons. The van der Waals surface area contributed by atoms with Crippen molar-refractivity contribution in [3.05, 3.63) is 18.0 Å². The van der Waals surface area contributed by atoms with Crippen molar-refractivity contribution < 1.29 is 9.90 Å². The van der Waals surface area contributed by atoms with Crippen molar-refractivity contribution in [2.75, 3.05) is 19.6 Å². The van der Waals surface area contributed by atoms with E-state index in [4.69, 9.17) is 5.11 Å². The van der Waals surface area contributed by atoms with Crippen LogP contribution in [0.5, 0.6) is 0 Å². The summed E-state index contributed by atoms with van der Waals surface area (Å²) in [5, 5.41) is 12.9. The fourth-order valence-corrected chi connectivity index (χ4v) is 2.55. The van der Waals surface area contributed by atoms with Gasteiger partial charge >= 0.3 is 5.97 Å². The molecule has 0 atom stereocenters. The topological polar surface area (TPSA) is 58.4 Å². The van der Waals surface area contributed by atoms with Gasteiger partial charge in [0.2, 0.25) is 0 Å². The van der Waals surface area contributed by atoms with Gasteiger partial charge in [-0.1, -0.05) is 0 Å². The number of aromatic nitrogens is 2. The Morgan fingerprint density at radius 1 is 1.50 bits per heavy atom. The molecule has 0 aromatic carbocycles. The van der Waals surface area contributed by atoms with Gasteiger partial charge in [0, 0.05) is 26.2 Å². The molecule has 2 heterocycles. The molecule has 1 fully saturated rings. The highest BCUT2D eigenvalue weighted by molar-refractivity contribution is 5.67. The average Bonchev–Trinajstić information content (AvgIpc) is 2.74. The molecule has 5 nitrogen and oxygen atoms in total. The summed E-state index contributed by atoms with van der Waals surface area (Å²) in [7, 11) is 1.93. The molecule has 1 saturated heterocycles. The quantitative estimate of drug-likeness (QED) is 0.853. The first-order chi connectivity index (χ1) is 8.63. The van der Waals surface area contributed by atoms with Crippen LogP contribution < -0.4 is 0 Å². The number of carbonyl (C=O) groups is 1. The Kier molecular flexibility index (Phi) is 4.36. The predicted octanol–water partition coefficient (Wildman–Crippen LogP) is 1.15. The number of aliphatic carboxylic acids is 1. The molecular formula is C13H21N3O2. The molecule has 0 saturated carbocycles. The number of aryl methyl sites for hydroxylation is 1. The molecule has 1 aromatic heterocycles. The van der Waals surface area contributed by atoms with Crippen molar-refractivity contribution in [2.24, 2.45) is 13.0 Å². The highest BCUT2D eigenvalue weighted by atomic mass is 16.4. The van der Waals surface area contributed by atoms with Gasteiger partial charge in [0.25, 0.3) is 0 Å². The Labute approximate surface area is 107 Å². The number of hydrogen-bond donors (Lipinski definition) is 1. The van der Waals surface area contributed by atoms with Crippen molar-refractivity contribution in [3.8, 4) is 0 Å². The third-order valence-corrected chi connectivity index (χ3v) is 3.65. The van der Waals surface area contributed by atoms with Crippen LogP contribution in [-0.2, 0) is 18.3 Å². The van der Waals surface area contributed by atoms with E-state index < -0.39 is 5.97 Å². The number of rotatable bonds is 5. The van der Waals surface area contributed by atoms with Crippen LogP contribution in [0.2, 0.25) is 0 Å². The lowest BCUT2D eigenvalue weighted by Crippen LogP contribution is -2.35. The van der Waals surface area contributed by atoms with Gasteiger partial charge in [-0.15, -0.1) is 0 Å². The van der Waals surface area contributed by atoms with Gasteiger partial charge in [0.05, 0.1) is 6.20 Å². The molecule has 2 rings (SSSR count). The standard InChI is InChI=1S/C13H21N3O2/c1-15-10-12(9-14-15)4-7-16-5-2-11(3-6-16)8-13(17)18/h9-11H,2-8H2,1H3,(H,17,18). The second kappa shape index (κ2) is 6.00. The molecule has 0 unspecified atom stereocenters. The van der Waals surface area contributed by atoms with E-state index in [2.05, 4.69) is 16.2 Å². The molecule has 0 amide bonds. The molecule has 0 spiro atoms. The zero-order chi connectivity index (χ0) is 13.0. The summed E-state index contributed by atoms with van der Waals surface area (Å²) >= 11 is 0. The van der Waals surface area contributed by atoms with Gasteiger partial charge < -0.3 is 10.0 Å². The first-order valence-electron chi connectivity index (χ1n) is 6.55. The maximum absolute atomic E-state index is 10.6. The zero-order valence-electron chi connectivity index (χ0n) is 10.9. The van der Waals surface area contributed by atoms with E-state index in [1.807, 2.05) is 17.9 Å². The minimum atomic E-state index is -0.663. The molecule has 0 bridgehead atoms. The molecule has 1 aliphatic heterocycles. The summed E-state index contributed by atoms with van der Waals surface area (Å²) in [5.74, 6) is -0.291. The number of carboxylic acids is 1. The summed E-state index contributed by atoms with van der Waals surface area (Å²) in [6.45, 7) is 3.10. The fourth-order valence-electron chi connectivity index (χ4n) is 2.55. The first kappa shape index (κ1) is 13.1. The first-order valence-corrected chi connectivity index (χ1v) is 6.55. The third-order valence-electron chi connectivity index (χ3n) is 3.65. The number of piperidine rings is 1. The van der Waals surface area contributed by atoms with Gasteiger partial charge in [-0.05, 0) is 43.8 Å². The Morgan fingerprint density at radius 3 is 2.78 bits per heavy atom. The van der Waals surface area contributed by atoms with Crippen molar-refractivity contribution in [1.82, 2.24) is 14.7 Å². The number of nitrogens with zero attached hydrogens (tertiary/aromatic N) is 3. The van der Waals surface area contributed by atoms with Crippen LogP contribution in [0.3, 0.4) is 0 Å². The monoisotopic (exact) mass is 251 g/mol. The average molecular weight is 251 g/mol. The van der Waals surface area contributed by atoms with Gasteiger partial charge in [-0.2, -0.15) is 5.10 Å². The number of likely N-dealkylation sites (tertiary alicyclic amines) is 1. The molecule has 1 N–H and O–H groups in total. The van der Waals surface area contributed by atoms with E-state index in [0.29, 0.717) is 12.3 Å². The highest BCUT2D eigenvalue weighted by Gasteiger charge is 2.20. The lowest BCUT2D eigenvalue weighted by molar-refractivity contribution is -0.138. The molecular weight excluding hydrogens is 230 g/mol. The molecule has 0 radical (unpaired) electrons. The van der Waals surface area contributed by atoms with Crippen LogP contribution >= 0.6 is 0 Å². The van der Waals surface area contributed by atoms with Gasteiger partial charge in [-0.25, -0.2) is 0 Å². The lowest BCUT2D eigenvalue weighted by atomic mass is 9.93. The van der Waals surface area contributed by atoms with Crippen molar-refractivity contribution in [2.45, 2.75) is 25.7 Å². The van der Waals surface area contributed by atoms with Gasteiger partial charge in [0.15, 0.2) is 0 Å². The van der Waals surface area contributed by atoms with E-state index >= 15 is 0 Å². The predicted molar refractivity (Wildman–Crippen MR) is 68.3 cm³/mol. The van der Waals surface area contributed by atoms with Crippen molar-refractivity contribution in [3.63, 3.8) is 0 Å². The van der Waals surface area contributed by atoms with E-state index in [1.165, 1.54) is 5.56 Å². The van der Waals surface area contributed by atoms with E-state index in [0.717, 1.165) is 38.9 Å². The lowest BCUT2D eigenvalue weighted by Gasteiger charge is -2.31. The summed E-state index contributed by atoms with van der Waals surface area (Å²) in [6.07, 6.45) is 7.35. The number of hydrogen-bond acceptors (Lipinski definition) is 3. The molecule has 0 aliphatic carbocycles. The second-order valence-corrected chi connectivity index (χ2v) is 5.16. The minimum Gasteiger partial charge on any atom is -0.481 e. The minimum absolute atomic E-state index is 0.330. The van der Waals surface area contributed by atoms with E-state index in [9.17, 15) is 4.79 Å². The SMILES string of the molecule is Cn1cc(CCN2CCC(CC(=O)O)CC2)cn1. The maximum Gasteiger partial charge on any atom is 0.303 e. The smallest absolute Gasteiger partial charge is 0.303 e. The second-order valence-electron chi connectivity index (χ2n) is 5.16. The molecule has 5 heteroatoms. The summed E-state index contributed by atoms with van der Waals surface area (Å²) in [5.41, 5.74) is 1.27. The summed E-state index contributed by atoms with van der Waals surface area (Å²) in [6, 6.07) is 0. The number of carboxylic acid groups (broad SMARTS) is 1. The van der Waals surface area contributed by atoms with Crippen LogP contribution in [0, 0.1) is 5.92 Å². The van der Waals surface area contributed by atoms with Crippen LogP contribution in [-0.4, -0.2) is 45.4 Å². The Hall–Kier alpha value is -1.36. The fraction of sp³-hybridized carbons (Fsp3) is 0.692. The third kappa shape index (κ3) is 3.84. The molecule has 18 heavy (non-hydrogen) atoms. The van der Waals surface area contributed by atoms with Crippen LogP contribution in [0.15, 0.2) is 12.4 Å². The van der Waals surface area contributed by atoms with E-state index in [-0.39, 0.29) is 0 Å². The van der Waals surface area contributed by atoms with Gasteiger partial charge in [-0.3, -0.25) is 9.48 Å². The summed E-state index contributed by atoms with van der Waals surface area (Å²) < 4.78 is 1.83. The van der Waals surface area contributed by atoms with Crippen molar-refractivity contribution >= 4 is 5.97 Å². The van der Waals surface area contributed by atoms with E-state index in [1.54, 1.807) is 0 Å². The van der Waals surface area contributed by atoms with Crippen LogP contribution in [0.1, 0.15) is 24.8 Å². The zero-order valence-corrected chi connectivity index (χ0v) is 10.9. The normalized spacial score (nSPS) is 18.1. The summed E-state index contributed by atoms with van der Waals surface area (Å²) in [4.78, 5) is 13.1.